The Morgan fingerprint density at radius 1 is 0.153 bits per heavy atom. The second kappa shape index (κ2) is 38.4. The number of fused-ring (bicyclic) bond motifs is 26. The molecule has 0 saturated heterocycles. The minimum absolute atomic E-state index is 0.00198. The first-order valence-electron chi connectivity index (χ1n) is 52.1. The normalized spacial score (nSPS) is 13.3. The Bertz CT molecular complexity index is 8320. The number of nitrogens with zero attached hydrogens (tertiary/aromatic N) is 4. The van der Waals surface area contributed by atoms with E-state index >= 15 is 0 Å². The third-order valence-electron chi connectivity index (χ3n) is 32.7. The maximum absolute atomic E-state index is 10.1. The number of aryl methyl sites for hydroxylation is 2. The molecule has 0 heterocycles. The van der Waals surface area contributed by atoms with Crippen LogP contribution in [0.2, 0.25) is 0 Å². The molecule has 6 aliphatic carbocycles. The van der Waals surface area contributed by atoms with E-state index in [4.69, 9.17) is 0 Å². The average molecular weight is 1930 g/mol. The number of anilines is 8. The van der Waals surface area contributed by atoms with E-state index in [-0.39, 0.29) is 29.5 Å². The Morgan fingerprint density at radius 2 is 0.327 bits per heavy atom. The number of hydrogen-bond donors (Lipinski definition) is 2. The van der Waals surface area contributed by atoms with Crippen molar-refractivity contribution in [2.45, 2.75) is 48.7 Å². The van der Waals surface area contributed by atoms with Crippen LogP contribution in [0.25, 0.3) is 89.0 Å². The van der Waals surface area contributed by atoms with Crippen LogP contribution in [0.15, 0.2) is 534 Å². The second-order valence-electron chi connectivity index (χ2n) is 40.4. The van der Waals surface area contributed by atoms with Crippen LogP contribution in [0.3, 0.4) is 0 Å². The fraction of sp³-hybridized carbons (Fsp3) is 0.0833. The van der Waals surface area contributed by atoms with Crippen molar-refractivity contribution in [3.8, 4) is 89.0 Å². The van der Waals surface area contributed by atoms with Gasteiger partial charge in [-0.2, -0.15) is 0 Å². The monoisotopic (exact) mass is 1930 g/mol. The van der Waals surface area contributed by atoms with Crippen LogP contribution in [0, 0.1) is 13.8 Å². The molecule has 2 N–H and O–H groups in total. The first-order valence-corrected chi connectivity index (χ1v) is 52.1. The maximum Gasteiger partial charge on any atom is 0.0726 e. The van der Waals surface area contributed by atoms with Gasteiger partial charge in [0, 0.05) is 73.7 Å². The summed E-state index contributed by atoms with van der Waals surface area (Å²) in [6.07, 6.45) is 0. The van der Waals surface area contributed by atoms with Crippen LogP contribution < -0.4 is 19.6 Å². The molecular formula is C144H112N4O2. The van der Waals surface area contributed by atoms with E-state index in [1.165, 1.54) is 190 Å². The molecular weight excluding hydrogens is 1820 g/mol. The molecule has 6 aliphatic rings. The fourth-order valence-corrected chi connectivity index (χ4v) is 25.6. The molecule has 6 nitrogen and oxygen atoms in total. The van der Waals surface area contributed by atoms with E-state index in [2.05, 4.69) is 547 Å². The lowest BCUT2D eigenvalue weighted by atomic mass is 9.67. The van der Waals surface area contributed by atoms with Gasteiger partial charge >= 0.3 is 0 Å². The topological polar surface area (TPSA) is 53.4 Å². The first kappa shape index (κ1) is 93.0. The SMILES string of the molecule is CN(c1ccc(CO)c(-c2ccccc2)c1)c1ccc2c(c1)C(c1ccccc1)(c1ccccc1)c1ccccc1-2.CN(c1ccc(CO)c(-c2ccccc2)c1)c1ccc2c(c1)C1(c3ccccc3-c3ccccc31)c1ccccc1-2.Cc1ccc(N(C)c2ccc3c(c2)C(c2ccccc2)(c2ccccc2)c2ccccc2-3)cc1.Cc1ccc(N(C)c2ccc3c(c2)C2(c4ccccc4-c4ccccc42)c2ccccc2-3)cc1. The van der Waals surface area contributed by atoms with Crippen LogP contribution in [0.1, 0.15) is 111 Å². The van der Waals surface area contributed by atoms with E-state index < -0.39 is 5.41 Å². The van der Waals surface area contributed by atoms with Gasteiger partial charge in [-0.3, -0.25) is 0 Å². The van der Waals surface area contributed by atoms with Gasteiger partial charge in [0.05, 0.1) is 34.9 Å². The molecule has 22 aromatic rings. The van der Waals surface area contributed by atoms with Gasteiger partial charge in [0.25, 0.3) is 0 Å². The molecule has 6 heteroatoms. The summed E-state index contributed by atoms with van der Waals surface area (Å²) in [4.78, 5) is 9.08. The summed E-state index contributed by atoms with van der Waals surface area (Å²) >= 11 is 0. The van der Waals surface area contributed by atoms with Gasteiger partial charge in [-0.15, -0.1) is 0 Å². The molecule has 0 saturated carbocycles. The third-order valence-corrected chi connectivity index (χ3v) is 32.7. The molecule has 0 unspecified atom stereocenters. The van der Waals surface area contributed by atoms with Gasteiger partial charge < -0.3 is 29.8 Å². The Balaban J connectivity index is 0.000000104. The highest BCUT2D eigenvalue weighted by molar-refractivity contribution is 6.00. The summed E-state index contributed by atoms with van der Waals surface area (Å²) < 4.78 is 0. The predicted molar refractivity (Wildman–Crippen MR) is 623 cm³/mol. The van der Waals surface area contributed by atoms with Gasteiger partial charge in [0.1, 0.15) is 0 Å². The van der Waals surface area contributed by atoms with Crippen LogP contribution in [0.5, 0.6) is 0 Å². The summed E-state index contributed by atoms with van der Waals surface area (Å²) in [6.45, 7) is 4.27. The largest absolute Gasteiger partial charge is 0.392 e. The van der Waals surface area contributed by atoms with Crippen LogP contribution in [-0.2, 0) is 34.9 Å². The molecule has 150 heavy (non-hydrogen) atoms. The summed E-state index contributed by atoms with van der Waals surface area (Å²) in [5.41, 5.74) is 53.5. The Hall–Kier alpha value is -18.0. The van der Waals surface area contributed by atoms with Gasteiger partial charge in [0.15, 0.2) is 0 Å². The van der Waals surface area contributed by atoms with Gasteiger partial charge in [-0.05, 0) is 300 Å². The lowest BCUT2D eigenvalue weighted by molar-refractivity contribution is 0.282. The number of rotatable bonds is 16. The molecule has 0 atom stereocenters. The van der Waals surface area contributed by atoms with Crippen molar-refractivity contribution < 1.29 is 10.2 Å². The molecule has 0 radical (unpaired) electrons. The van der Waals surface area contributed by atoms with Crippen molar-refractivity contribution in [3.63, 3.8) is 0 Å². The van der Waals surface area contributed by atoms with E-state index in [0.717, 1.165) is 56.1 Å². The quantitative estimate of drug-likeness (QED) is 0.101. The Labute approximate surface area is 880 Å². The molecule has 0 aromatic heterocycles. The molecule has 0 aliphatic heterocycles. The fourth-order valence-electron chi connectivity index (χ4n) is 25.6. The molecule has 720 valence electrons. The summed E-state index contributed by atoms with van der Waals surface area (Å²) in [6, 6.07) is 194. The minimum atomic E-state index is -0.429. The Kier molecular flexibility index (Phi) is 23.8. The van der Waals surface area contributed by atoms with E-state index in [9.17, 15) is 10.2 Å². The van der Waals surface area contributed by atoms with Crippen LogP contribution >= 0.6 is 0 Å². The van der Waals surface area contributed by atoms with Gasteiger partial charge in [0.2, 0.25) is 0 Å². The van der Waals surface area contributed by atoms with Crippen LogP contribution in [0.4, 0.5) is 45.5 Å². The summed E-state index contributed by atoms with van der Waals surface area (Å²) in [7, 11) is 8.58. The molecule has 0 amide bonds. The minimum Gasteiger partial charge on any atom is -0.392 e. The highest BCUT2D eigenvalue weighted by atomic mass is 16.3. The predicted octanol–water partition coefficient (Wildman–Crippen LogP) is 34.2. The van der Waals surface area contributed by atoms with Crippen molar-refractivity contribution in [1.29, 1.82) is 0 Å². The van der Waals surface area contributed by atoms with Crippen molar-refractivity contribution in [2.75, 3.05) is 47.8 Å². The van der Waals surface area contributed by atoms with E-state index in [1.54, 1.807) is 0 Å². The highest BCUT2D eigenvalue weighted by Crippen LogP contribution is 2.67. The number of aliphatic hydroxyl groups is 2. The van der Waals surface area contributed by atoms with Crippen molar-refractivity contribution in [1.82, 2.24) is 0 Å². The first-order chi connectivity index (χ1) is 73.8. The molecule has 0 bridgehead atoms. The molecule has 28 rings (SSSR count). The van der Waals surface area contributed by atoms with Crippen molar-refractivity contribution >= 4 is 45.5 Å². The lowest BCUT2D eigenvalue weighted by Crippen LogP contribution is -2.28. The van der Waals surface area contributed by atoms with Gasteiger partial charge in [-0.25, -0.2) is 0 Å². The zero-order chi connectivity index (χ0) is 101. The molecule has 0 fully saturated rings. The van der Waals surface area contributed by atoms with E-state index in [1.807, 2.05) is 48.5 Å². The highest BCUT2D eigenvalue weighted by Gasteiger charge is 2.55. The lowest BCUT2D eigenvalue weighted by Gasteiger charge is -2.34. The van der Waals surface area contributed by atoms with Crippen LogP contribution in [-0.4, -0.2) is 38.4 Å². The third kappa shape index (κ3) is 15.0. The van der Waals surface area contributed by atoms with Gasteiger partial charge in [-0.1, -0.05) is 448 Å². The summed E-state index contributed by atoms with van der Waals surface area (Å²) in [5.74, 6) is 0. The maximum atomic E-state index is 10.1. The van der Waals surface area contributed by atoms with Crippen molar-refractivity contribution in [3.05, 3.63) is 645 Å². The number of aliphatic hydroxyl groups excluding tert-OH is 2. The summed E-state index contributed by atoms with van der Waals surface area (Å²) in [5, 5.41) is 20.2. The number of hydrogen-bond acceptors (Lipinski definition) is 6. The molecule has 22 aromatic carbocycles. The molecule has 2 spiro atoms. The smallest absolute Gasteiger partial charge is 0.0726 e. The zero-order valence-electron chi connectivity index (χ0n) is 84.9. The Morgan fingerprint density at radius 3 is 0.560 bits per heavy atom. The standard InChI is InChI=1S/C39H29NO.C39H31NO.C33H25N.C33H27N/c1-40(28-20-19-27(25-41)34(23-28)26-11-3-2-4-12-26)29-21-22-33-32-15-7-10-18-37(32)39(38(33)24-29)35-16-8-5-13-30(35)31-14-6-9-17-36(31)39;1-40(32-22-21-29(27-41)36(25-32)28-13-5-2-6-14-28)33-23-24-35-34-19-11-12-20-37(34)39(38(35)26-33,30-15-7-3-8-16-30)31-17-9-4-10-18-31;1-22-15-17-23(18-16-22)34(2)24-19-20-28-27-11-5-8-14-31(27)33(32(28)21-24)29-12-6-3-9-25(29)26-10-4-7-13-30(26)33;1-24-17-19-27(20-18-24)34(2)28-21-22-30-29-15-9-10-16-31(29)33(32(30)23-28,25-11-5-3-6-12-25)26-13-7-4-8-14-26/h2-24,41H,25H2,1H3;2-26,41H,27H2,1H3;3-21H,1-2H3;3-23H,1-2H3. The van der Waals surface area contributed by atoms with Crippen molar-refractivity contribution in [2.24, 2.45) is 0 Å². The zero-order valence-corrected chi connectivity index (χ0v) is 84.9. The number of benzene rings is 22. The second-order valence-corrected chi connectivity index (χ2v) is 40.4. The van der Waals surface area contributed by atoms with E-state index in [0.29, 0.717) is 0 Å². The average Bonchev–Trinajstić information content (AvgIpc) is 1.51.